The molecule has 2 heterocycles. The number of hydrogen-bond acceptors (Lipinski definition) is 3. The lowest BCUT2D eigenvalue weighted by Crippen LogP contribution is -2.06. The molecule has 0 amide bonds. The summed E-state index contributed by atoms with van der Waals surface area (Å²) in [6.07, 6.45) is 7.80. The zero-order chi connectivity index (χ0) is 12.8. The molecule has 0 radical (unpaired) electrons. The van der Waals surface area contributed by atoms with Crippen molar-refractivity contribution >= 4 is 5.82 Å². The van der Waals surface area contributed by atoms with Crippen LogP contribution in [-0.4, -0.2) is 21.1 Å². The first-order valence-electron chi connectivity index (χ1n) is 6.52. The van der Waals surface area contributed by atoms with Crippen LogP contribution in [0.15, 0.2) is 30.7 Å². The zero-order valence-corrected chi connectivity index (χ0v) is 11.1. The minimum atomic E-state index is 0.854. The van der Waals surface area contributed by atoms with Crippen LogP contribution in [0.1, 0.15) is 31.7 Å². The van der Waals surface area contributed by atoms with E-state index in [4.69, 9.17) is 0 Å². The van der Waals surface area contributed by atoms with E-state index in [1.54, 1.807) is 0 Å². The zero-order valence-electron chi connectivity index (χ0n) is 11.1. The number of imidazole rings is 1. The molecule has 4 heteroatoms. The standard InChI is InChI=1S/C14H20N4/c1-3-6-15-13-10-12(5-7-16-13)11-18-9-8-17-14(18)4-2/h5,7-10H,3-4,6,11H2,1-2H3,(H,15,16). The highest BCUT2D eigenvalue weighted by molar-refractivity contribution is 5.37. The number of rotatable bonds is 6. The van der Waals surface area contributed by atoms with Gasteiger partial charge in [-0.2, -0.15) is 0 Å². The van der Waals surface area contributed by atoms with Crippen molar-refractivity contribution in [1.29, 1.82) is 0 Å². The van der Waals surface area contributed by atoms with E-state index in [1.165, 1.54) is 5.56 Å². The third-order valence-electron chi connectivity index (χ3n) is 2.85. The van der Waals surface area contributed by atoms with E-state index in [9.17, 15) is 0 Å². The topological polar surface area (TPSA) is 42.7 Å². The third kappa shape index (κ3) is 3.09. The number of pyridine rings is 1. The monoisotopic (exact) mass is 244 g/mol. The van der Waals surface area contributed by atoms with Gasteiger partial charge < -0.3 is 9.88 Å². The molecule has 2 aromatic heterocycles. The van der Waals surface area contributed by atoms with E-state index in [1.807, 2.05) is 18.6 Å². The molecule has 2 rings (SSSR count). The van der Waals surface area contributed by atoms with Gasteiger partial charge in [0, 0.05) is 38.1 Å². The quantitative estimate of drug-likeness (QED) is 0.849. The molecule has 0 saturated heterocycles. The minimum Gasteiger partial charge on any atom is -0.370 e. The van der Waals surface area contributed by atoms with Gasteiger partial charge in [0.05, 0.1) is 0 Å². The average molecular weight is 244 g/mol. The molecule has 0 aromatic carbocycles. The maximum Gasteiger partial charge on any atom is 0.126 e. The third-order valence-corrected chi connectivity index (χ3v) is 2.85. The molecule has 96 valence electrons. The average Bonchev–Trinajstić information content (AvgIpc) is 2.84. The van der Waals surface area contributed by atoms with Gasteiger partial charge in [-0.15, -0.1) is 0 Å². The van der Waals surface area contributed by atoms with E-state index < -0.39 is 0 Å². The number of nitrogens with one attached hydrogen (secondary N) is 1. The number of anilines is 1. The van der Waals surface area contributed by atoms with Gasteiger partial charge in [0.2, 0.25) is 0 Å². The fraction of sp³-hybridized carbons (Fsp3) is 0.429. The van der Waals surface area contributed by atoms with Crippen molar-refractivity contribution in [3.05, 3.63) is 42.1 Å². The molecule has 0 unspecified atom stereocenters. The first kappa shape index (κ1) is 12.6. The van der Waals surface area contributed by atoms with Gasteiger partial charge in [0.15, 0.2) is 0 Å². The first-order chi connectivity index (χ1) is 8.83. The largest absolute Gasteiger partial charge is 0.370 e. The molecule has 4 nitrogen and oxygen atoms in total. The molecule has 0 spiro atoms. The Hall–Kier alpha value is -1.84. The lowest BCUT2D eigenvalue weighted by atomic mass is 10.2. The number of hydrogen-bond donors (Lipinski definition) is 1. The number of aromatic nitrogens is 3. The highest BCUT2D eigenvalue weighted by Gasteiger charge is 2.02. The van der Waals surface area contributed by atoms with Gasteiger partial charge in [-0.3, -0.25) is 0 Å². The predicted octanol–water partition coefficient (Wildman–Crippen LogP) is 2.71. The van der Waals surface area contributed by atoms with E-state index in [-0.39, 0.29) is 0 Å². The SMILES string of the molecule is CCCNc1cc(Cn2ccnc2CC)ccn1. The van der Waals surface area contributed by atoms with Gasteiger partial charge in [0.1, 0.15) is 11.6 Å². The molecule has 0 atom stereocenters. The van der Waals surface area contributed by atoms with Crippen molar-refractivity contribution in [2.75, 3.05) is 11.9 Å². The Morgan fingerprint density at radius 2 is 2.11 bits per heavy atom. The van der Waals surface area contributed by atoms with Gasteiger partial charge in [-0.25, -0.2) is 9.97 Å². The Labute approximate surface area is 108 Å². The Morgan fingerprint density at radius 1 is 1.22 bits per heavy atom. The van der Waals surface area contributed by atoms with Gasteiger partial charge in [-0.05, 0) is 24.1 Å². The van der Waals surface area contributed by atoms with Crippen LogP contribution >= 0.6 is 0 Å². The van der Waals surface area contributed by atoms with Crippen LogP contribution in [-0.2, 0) is 13.0 Å². The van der Waals surface area contributed by atoms with Crippen LogP contribution in [0.2, 0.25) is 0 Å². The lowest BCUT2D eigenvalue weighted by Gasteiger charge is -2.09. The second-order valence-corrected chi connectivity index (χ2v) is 4.30. The number of nitrogens with zero attached hydrogens (tertiary/aromatic N) is 3. The summed E-state index contributed by atoms with van der Waals surface area (Å²) in [6, 6.07) is 4.16. The lowest BCUT2D eigenvalue weighted by molar-refractivity contribution is 0.731. The van der Waals surface area contributed by atoms with Crippen molar-refractivity contribution < 1.29 is 0 Å². The van der Waals surface area contributed by atoms with Gasteiger partial charge in [-0.1, -0.05) is 13.8 Å². The van der Waals surface area contributed by atoms with Crippen LogP contribution < -0.4 is 5.32 Å². The molecule has 0 bridgehead atoms. The highest BCUT2D eigenvalue weighted by atomic mass is 15.1. The van der Waals surface area contributed by atoms with E-state index in [2.05, 4.69) is 45.8 Å². The fourth-order valence-corrected chi connectivity index (χ4v) is 1.92. The first-order valence-corrected chi connectivity index (χ1v) is 6.52. The number of aryl methyl sites for hydroxylation is 1. The Balaban J connectivity index is 2.09. The Morgan fingerprint density at radius 3 is 2.89 bits per heavy atom. The van der Waals surface area contributed by atoms with Crippen LogP contribution in [0, 0.1) is 0 Å². The second-order valence-electron chi connectivity index (χ2n) is 4.30. The molecule has 0 aliphatic heterocycles. The molecule has 18 heavy (non-hydrogen) atoms. The molecular weight excluding hydrogens is 224 g/mol. The smallest absolute Gasteiger partial charge is 0.126 e. The summed E-state index contributed by atoms with van der Waals surface area (Å²) in [6.45, 7) is 6.09. The highest BCUT2D eigenvalue weighted by Crippen LogP contribution is 2.10. The van der Waals surface area contributed by atoms with Crippen molar-refractivity contribution in [2.24, 2.45) is 0 Å². The van der Waals surface area contributed by atoms with Crippen LogP contribution in [0.3, 0.4) is 0 Å². The summed E-state index contributed by atoms with van der Waals surface area (Å²) < 4.78 is 2.18. The molecular formula is C14H20N4. The van der Waals surface area contributed by atoms with Crippen molar-refractivity contribution in [1.82, 2.24) is 14.5 Å². The Kier molecular flexibility index (Phi) is 4.34. The van der Waals surface area contributed by atoms with E-state index >= 15 is 0 Å². The summed E-state index contributed by atoms with van der Waals surface area (Å²) >= 11 is 0. The summed E-state index contributed by atoms with van der Waals surface area (Å²) in [5, 5.41) is 3.31. The van der Waals surface area contributed by atoms with Crippen LogP contribution in [0.25, 0.3) is 0 Å². The maximum atomic E-state index is 4.33. The second kappa shape index (κ2) is 6.19. The molecule has 1 N–H and O–H groups in total. The normalized spacial score (nSPS) is 10.6. The molecule has 2 aromatic rings. The van der Waals surface area contributed by atoms with Crippen LogP contribution in [0.5, 0.6) is 0 Å². The Bertz CT molecular complexity index is 490. The van der Waals surface area contributed by atoms with Crippen LogP contribution in [0.4, 0.5) is 5.82 Å². The molecule has 0 saturated carbocycles. The summed E-state index contributed by atoms with van der Waals surface area (Å²) in [5.74, 6) is 2.07. The maximum absolute atomic E-state index is 4.33. The summed E-state index contributed by atoms with van der Waals surface area (Å²) in [4.78, 5) is 8.65. The van der Waals surface area contributed by atoms with E-state index in [0.717, 1.165) is 37.6 Å². The summed E-state index contributed by atoms with van der Waals surface area (Å²) in [7, 11) is 0. The van der Waals surface area contributed by atoms with Crippen molar-refractivity contribution in [3.63, 3.8) is 0 Å². The predicted molar refractivity (Wildman–Crippen MR) is 73.7 cm³/mol. The van der Waals surface area contributed by atoms with Crippen molar-refractivity contribution in [2.45, 2.75) is 33.2 Å². The van der Waals surface area contributed by atoms with Crippen molar-refractivity contribution in [3.8, 4) is 0 Å². The van der Waals surface area contributed by atoms with E-state index in [0.29, 0.717) is 0 Å². The fourth-order valence-electron chi connectivity index (χ4n) is 1.92. The summed E-state index contributed by atoms with van der Waals surface area (Å²) in [5.41, 5.74) is 1.25. The molecule has 0 aliphatic rings. The molecule has 0 aliphatic carbocycles. The van der Waals surface area contributed by atoms with Gasteiger partial charge in [0.25, 0.3) is 0 Å². The van der Waals surface area contributed by atoms with Gasteiger partial charge >= 0.3 is 0 Å². The minimum absolute atomic E-state index is 0.854. The molecule has 0 fully saturated rings.